The van der Waals surface area contributed by atoms with Crippen LogP contribution in [0.15, 0.2) is 83.8 Å². The maximum Gasteiger partial charge on any atom is 0.264 e. The van der Waals surface area contributed by atoms with Gasteiger partial charge < -0.3 is 10.2 Å². The van der Waals surface area contributed by atoms with E-state index in [9.17, 15) is 22.4 Å². The van der Waals surface area contributed by atoms with Gasteiger partial charge in [-0.15, -0.1) is 0 Å². The molecule has 0 aliphatic rings. The van der Waals surface area contributed by atoms with Crippen LogP contribution >= 0.6 is 0 Å². The van der Waals surface area contributed by atoms with E-state index in [4.69, 9.17) is 0 Å². The van der Waals surface area contributed by atoms with Crippen molar-refractivity contribution in [3.63, 3.8) is 0 Å². The molecule has 0 fully saturated rings. The lowest BCUT2D eigenvalue weighted by Gasteiger charge is -2.32. The van der Waals surface area contributed by atoms with Crippen molar-refractivity contribution in [2.45, 2.75) is 51.2 Å². The Kier molecular flexibility index (Phi) is 9.04. The Bertz CT molecular complexity index is 1330. The topological polar surface area (TPSA) is 86.8 Å². The number of hydrogen-bond donors (Lipinski definition) is 1. The van der Waals surface area contributed by atoms with Crippen molar-refractivity contribution in [3.05, 3.63) is 95.8 Å². The standard InChI is InChI=1S/C28H32FN3O4S/c1-20(2)30-28(34)22(4)31(18-23-16-14-21(3)15-17-23)27(33)19-32(26-13-9-8-12-25(26)29)37(35,36)24-10-6-5-7-11-24/h5-17,20,22H,18-19H2,1-4H3,(H,30,34)/t22-/m0/s1. The molecule has 0 aromatic heterocycles. The second kappa shape index (κ2) is 12.0. The number of carbonyl (C=O) groups excluding carboxylic acids is 2. The predicted molar refractivity (Wildman–Crippen MR) is 142 cm³/mol. The monoisotopic (exact) mass is 525 g/mol. The van der Waals surface area contributed by atoms with Crippen molar-refractivity contribution < 1.29 is 22.4 Å². The first-order valence-electron chi connectivity index (χ1n) is 12.0. The zero-order chi connectivity index (χ0) is 27.2. The van der Waals surface area contributed by atoms with E-state index in [0.29, 0.717) is 0 Å². The van der Waals surface area contributed by atoms with E-state index >= 15 is 0 Å². The number of benzene rings is 3. The summed E-state index contributed by atoms with van der Waals surface area (Å²) in [6.07, 6.45) is 0. The Balaban J connectivity index is 2.02. The van der Waals surface area contributed by atoms with E-state index in [1.54, 1.807) is 25.1 Å². The minimum Gasteiger partial charge on any atom is -0.352 e. The number of anilines is 1. The van der Waals surface area contributed by atoms with Gasteiger partial charge in [0, 0.05) is 12.6 Å². The summed E-state index contributed by atoms with van der Waals surface area (Å²) < 4.78 is 42.8. The number of sulfonamides is 1. The van der Waals surface area contributed by atoms with Gasteiger partial charge in [-0.3, -0.25) is 13.9 Å². The van der Waals surface area contributed by atoms with Gasteiger partial charge in [0.15, 0.2) is 0 Å². The summed E-state index contributed by atoms with van der Waals surface area (Å²) in [4.78, 5) is 27.8. The third-order valence-corrected chi connectivity index (χ3v) is 7.58. The van der Waals surface area contributed by atoms with Gasteiger partial charge in [0.2, 0.25) is 11.8 Å². The summed E-state index contributed by atoms with van der Waals surface area (Å²) in [6, 6.07) is 19.3. The Hall–Kier alpha value is -3.72. The molecule has 9 heteroatoms. The smallest absolute Gasteiger partial charge is 0.264 e. The molecule has 0 heterocycles. The van der Waals surface area contributed by atoms with E-state index in [1.165, 1.54) is 35.2 Å². The van der Waals surface area contributed by atoms with Crippen molar-refractivity contribution in [2.75, 3.05) is 10.8 Å². The van der Waals surface area contributed by atoms with Gasteiger partial charge in [-0.1, -0.05) is 60.2 Å². The molecule has 0 aliphatic heterocycles. The van der Waals surface area contributed by atoms with Crippen LogP contribution < -0.4 is 9.62 Å². The maximum atomic E-state index is 14.9. The molecule has 1 N–H and O–H groups in total. The molecule has 3 aromatic rings. The molecule has 0 spiro atoms. The lowest BCUT2D eigenvalue weighted by molar-refractivity contribution is -0.139. The van der Waals surface area contributed by atoms with Crippen LogP contribution in [0.25, 0.3) is 0 Å². The van der Waals surface area contributed by atoms with E-state index in [2.05, 4.69) is 5.32 Å². The summed E-state index contributed by atoms with van der Waals surface area (Å²) in [6.45, 7) is 6.52. The third kappa shape index (κ3) is 6.95. The third-order valence-electron chi connectivity index (χ3n) is 5.80. The highest BCUT2D eigenvalue weighted by molar-refractivity contribution is 7.92. The van der Waals surface area contributed by atoms with E-state index in [0.717, 1.165) is 21.5 Å². The molecule has 0 unspecified atom stereocenters. The molecule has 3 rings (SSSR count). The van der Waals surface area contributed by atoms with Gasteiger partial charge in [0.25, 0.3) is 10.0 Å². The molecule has 0 radical (unpaired) electrons. The van der Waals surface area contributed by atoms with Crippen LogP contribution in [0.4, 0.5) is 10.1 Å². The van der Waals surface area contributed by atoms with Gasteiger partial charge in [-0.25, -0.2) is 12.8 Å². The van der Waals surface area contributed by atoms with E-state index in [-0.39, 0.29) is 29.1 Å². The van der Waals surface area contributed by atoms with Crippen LogP contribution in [0.2, 0.25) is 0 Å². The molecule has 1 atom stereocenters. The van der Waals surface area contributed by atoms with Gasteiger partial charge in [-0.2, -0.15) is 0 Å². The van der Waals surface area contributed by atoms with Crippen molar-refractivity contribution in [3.8, 4) is 0 Å². The summed E-state index contributed by atoms with van der Waals surface area (Å²) in [7, 11) is -4.30. The van der Waals surface area contributed by atoms with Gasteiger partial charge in [0.1, 0.15) is 18.4 Å². The Labute approximate surface area is 218 Å². The number of para-hydroxylation sites is 1. The number of nitrogens with one attached hydrogen (secondary N) is 1. The second-order valence-corrected chi connectivity index (χ2v) is 11.0. The number of aryl methyl sites for hydroxylation is 1. The van der Waals surface area contributed by atoms with Gasteiger partial charge in [-0.05, 0) is 57.5 Å². The molecule has 37 heavy (non-hydrogen) atoms. The molecule has 2 amide bonds. The fraction of sp³-hybridized carbons (Fsp3) is 0.286. The van der Waals surface area contributed by atoms with Crippen molar-refractivity contribution in [1.29, 1.82) is 0 Å². The first-order valence-corrected chi connectivity index (χ1v) is 13.4. The average molecular weight is 526 g/mol. The van der Waals surface area contributed by atoms with Crippen LogP contribution in [-0.4, -0.2) is 43.8 Å². The molecule has 0 aliphatic carbocycles. The normalized spacial score (nSPS) is 12.2. The van der Waals surface area contributed by atoms with Gasteiger partial charge in [0.05, 0.1) is 10.6 Å². The first kappa shape index (κ1) is 27.9. The molecule has 0 bridgehead atoms. The molecule has 196 valence electrons. The largest absolute Gasteiger partial charge is 0.352 e. The molecular weight excluding hydrogens is 493 g/mol. The number of hydrogen-bond acceptors (Lipinski definition) is 4. The molecule has 3 aromatic carbocycles. The predicted octanol–water partition coefficient (Wildman–Crippen LogP) is 4.27. The van der Waals surface area contributed by atoms with E-state index < -0.39 is 34.3 Å². The minimum absolute atomic E-state index is 0.0717. The number of halogens is 1. The fourth-order valence-electron chi connectivity index (χ4n) is 3.76. The van der Waals surface area contributed by atoms with Crippen LogP contribution in [0, 0.1) is 12.7 Å². The summed E-state index contributed by atoms with van der Waals surface area (Å²) in [5.74, 6) is -1.81. The number of nitrogens with zero attached hydrogens (tertiary/aromatic N) is 2. The molecule has 0 saturated heterocycles. The van der Waals surface area contributed by atoms with Crippen molar-refractivity contribution in [2.24, 2.45) is 0 Å². The highest BCUT2D eigenvalue weighted by Crippen LogP contribution is 2.26. The minimum atomic E-state index is -4.30. The first-order chi connectivity index (χ1) is 17.5. The fourth-order valence-corrected chi connectivity index (χ4v) is 5.21. The van der Waals surface area contributed by atoms with Crippen LogP contribution in [0.5, 0.6) is 0 Å². The van der Waals surface area contributed by atoms with Crippen molar-refractivity contribution in [1.82, 2.24) is 10.2 Å². The van der Waals surface area contributed by atoms with Crippen LogP contribution in [0.1, 0.15) is 31.9 Å². The molecular formula is C28H32FN3O4S. The number of rotatable bonds is 10. The number of carbonyl (C=O) groups is 2. The van der Waals surface area contributed by atoms with Crippen molar-refractivity contribution >= 4 is 27.5 Å². The summed E-state index contributed by atoms with van der Waals surface area (Å²) in [5.41, 5.74) is 1.55. The second-order valence-electron chi connectivity index (χ2n) is 9.12. The van der Waals surface area contributed by atoms with Crippen LogP contribution in [-0.2, 0) is 26.2 Å². The zero-order valence-electron chi connectivity index (χ0n) is 21.4. The van der Waals surface area contributed by atoms with E-state index in [1.807, 2.05) is 45.0 Å². The van der Waals surface area contributed by atoms with Gasteiger partial charge >= 0.3 is 0 Å². The Morgan fingerprint density at radius 2 is 1.49 bits per heavy atom. The van der Waals surface area contributed by atoms with Crippen LogP contribution in [0.3, 0.4) is 0 Å². The Morgan fingerprint density at radius 3 is 2.08 bits per heavy atom. The maximum absolute atomic E-state index is 14.9. The summed E-state index contributed by atoms with van der Waals surface area (Å²) in [5, 5.41) is 2.80. The highest BCUT2D eigenvalue weighted by atomic mass is 32.2. The average Bonchev–Trinajstić information content (AvgIpc) is 2.87. The highest BCUT2D eigenvalue weighted by Gasteiger charge is 2.33. The SMILES string of the molecule is Cc1ccc(CN(C(=O)CN(c2ccccc2F)S(=O)(=O)c2ccccc2)[C@@H](C)C(=O)NC(C)C)cc1. The summed E-state index contributed by atoms with van der Waals surface area (Å²) >= 11 is 0. The zero-order valence-corrected chi connectivity index (χ0v) is 22.2. The lowest BCUT2D eigenvalue weighted by Crippen LogP contribution is -2.52. The molecule has 7 nitrogen and oxygen atoms in total. The quantitative estimate of drug-likeness (QED) is 0.428. The molecule has 0 saturated carbocycles. The Morgan fingerprint density at radius 1 is 0.892 bits per heavy atom. The lowest BCUT2D eigenvalue weighted by atomic mass is 10.1. The number of amides is 2.